The van der Waals surface area contributed by atoms with E-state index in [1.54, 1.807) is 0 Å². The van der Waals surface area contributed by atoms with Gasteiger partial charge in [0.25, 0.3) is 5.91 Å². The predicted octanol–water partition coefficient (Wildman–Crippen LogP) is 3.12. The van der Waals surface area contributed by atoms with Crippen LogP contribution in [0.25, 0.3) is 0 Å². The number of alkyl halides is 3. The molecule has 3 rings (SSSR count). The number of nitrogens with zero attached hydrogens (tertiary/aromatic N) is 1. The first-order valence-corrected chi connectivity index (χ1v) is 11.1. The van der Waals surface area contributed by atoms with Gasteiger partial charge in [0.2, 0.25) is 0 Å². The number of amides is 3. The molecule has 0 aliphatic carbocycles. The van der Waals surface area contributed by atoms with Crippen LogP contribution in [0.1, 0.15) is 24.0 Å². The molecule has 1 aliphatic heterocycles. The van der Waals surface area contributed by atoms with Crippen LogP contribution in [-0.2, 0) is 25.3 Å². The molecule has 0 bridgehead atoms. The Morgan fingerprint density at radius 2 is 1.97 bits per heavy atom. The average Bonchev–Trinajstić information content (AvgIpc) is 3.35. The molecule has 1 heterocycles. The predicted molar refractivity (Wildman–Crippen MR) is 125 cm³/mol. The Hall–Kier alpha value is -3.64. The second-order valence-corrected chi connectivity index (χ2v) is 8.06. The van der Waals surface area contributed by atoms with Crippen LogP contribution in [0.5, 0.6) is 5.75 Å². The van der Waals surface area contributed by atoms with Gasteiger partial charge in [-0.3, -0.25) is 14.4 Å². The molecule has 1 aliphatic rings. The van der Waals surface area contributed by atoms with Gasteiger partial charge in [-0.25, -0.2) is 5.43 Å². The molecule has 0 radical (unpaired) electrons. The number of hydrogen-bond donors (Lipinski definition) is 3. The third-order valence-corrected chi connectivity index (χ3v) is 5.18. The van der Waals surface area contributed by atoms with E-state index in [1.807, 2.05) is 0 Å². The highest BCUT2D eigenvalue weighted by Crippen LogP contribution is 2.30. The van der Waals surface area contributed by atoms with Gasteiger partial charge in [-0.15, -0.1) is 0 Å². The summed E-state index contributed by atoms with van der Waals surface area (Å²) in [5.74, 6) is -2.32. The van der Waals surface area contributed by atoms with E-state index in [-0.39, 0.29) is 29.1 Å². The first-order valence-electron chi connectivity index (χ1n) is 10.7. The van der Waals surface area contributed by atoms with Crippen LogP contribution in [-0.4, -0.2) is 49.8 Å². The zero-order valence-corrected chi connectivity index (χ0v) is 19.5. The quantitative estimate of drug-likeness (QED) is 0.277. The first kappa shape index (κ1) is 27.0. The summed E-state index contributed by atoms with van der Waals surface area (Å²) < 4.78 is 49.0. The summed E-state index contributed by atoms with van der Waals surface area (Å²) in [5, 5.41) is 8.60. The van der Waals surface area contributed by atoms with Crippen LogP contribution in [0, 0.1) is 0 Å². The normalized spacial score (nSPS) is 15.5. The Labute approximate surface area is 209 Å². The van der Waals surface area contributed by atoms with Crippen LogP contribution < -0.4 is 20.8 Å². The Morgan fingerprint density at radius 1 is 1.17 bits per heavy atom. The second-order valence-electron chi connectivity index (χ2n) is 7.65. The van der Waals surface area contributed by atoms with Gasteiger partial charge >= 0.3 is 18.0 Å². The standard InChI is InChI=1S/C23H22ClF3N4O5/c24-18-9-14(11-29-31-22(34)21(33)28-12-17-5-2-8-35-17)6-7-19(18)36-13-20(32)30-16-4-1-3-15(10-16)23(25,26)27/h1,3-4,6-7,9-11,17H,2,5,8,12-13H2,(H,28,33)(H,30,32)(H,31,34)/b29-11-/t17-/m1/s1. The van der Waals surface area contributed by atoms with Gasteiger partial charge in [-0.1, -0.05) is 17.7 Å². The molecular formula is C23H22ClF3N4O5. The molecule has 36 heavy (non-hydrogen) atoms. The topological polar surface area (TPSA) is 118 Å². The van der Waals surface area contributed by atoms with Gasteiger partial charge in [0, 0.05) is 18.8 Å². The molecule has 13 heteroatoms. The van der Waals surface area contributed by atoms with Gasteiger partial charge in [-0.2, -0.15) is 18.3 Å². The number of hydrogen-bond acceptors (Lipinski definition) is 6. The van der Waals surface area contributed by atoms with Crippen molar-refractivity contribution in [1.82, 2.24) is 10.7 Å². The summed E-state index contributed by atoms with van der Waals surface area (Å²) in [6.07, 6.45) is -1.64. The van der Waals surface area contributed by atoms with Gasteiger partial charge < -0.3 is 20.1 Å². The van der Waals surface area contributed by atoms with Crippen molar-refractivity contribution >= 4 is 41.2 Å². The van der Waals surface area contributed by atoms with Gasteiger partial charge in [0.15, 0.2) is 6.61 Å². The second kappa shape index (κ2) is 12.4. The molecule has 1 atom stereocenters. The highest BCUT2D eigenvalue weighted by Gasteiger charge is 2.30. The van der Waals surface area contributed by atoms with Gasteiger partial charge in [0.05, 0.1) is 22.9 Å². The molecule has 3 N–H and O–H groups in total. The minimum absolute atomic E-state index is 0.0290. The Bertz CT molecular complexity index is 1140. The van der Waals surface area contributed by atoms with Crippen molar-refractivity contribution in [1.29, 1.82) is 0 Å². The summed E-state index contributed by atoms with van der Waals surface area (Å²) in [6.45, 7) is 0.377. The summed E-state index contributed by atoms with van der Waals surface area (Å²) in [7, 11) is 0. The van der Waals surface area contributed by atoms with Gasteiger partial charge in [-0.05, 0) is 54.8 Å². The van der Waals surface area contributed by atoms with E-state index in [9.17, 15) is 27.6 Å². The molecule has 0 spiro atoms. The molecule has 1 fully saturated rings. The lowest BCUT2D eigenvalue weighted by molar-refractivity contribution is -0.139. The highest BCUT2D eigenvalue weighted by atomic mass is 35.5. The van der Waals surface area contributed by atoms with Crippen LogP contribution in [0.15, 0.2) is 47.6 Å². The number of nitrogens with one attached hydrogen (secondary N) is 3. The number of benzene rings is 2. The summed E-state index contributed by atoms with van der Waals surface area (Å²) in [5.41, 5.74) is 1.64. The van der Waals surface area contributed by atoms with Crippen LogP contribution in [0.3, 0.4) is 0 Å². The fraction of sp³-hybridized carbons (Fsp3) is 0.304. The lowest BCUT2D eigenvalue weighted by Gasteiger charge is -2.11. The number of carbonyl (C=O) groups excluding carboxylic acids is 3. The molecule has 2 aromatic rings. The Morgan fingerprint density at radius 3 is 2.67 bits per heavy atom. The molecule has 9 nitrogen and oxygen atoms in total. The number of halogens is 4. The van der Waals surface area contributed by atoms with Crippen LogP contribution in [0.2, 0.25) is 5.02 Å². The third-order valence-electron chi connectivity index (χ3n) is 4.89. The Kier molecular flexibility index (Phi) is 9.25. The van der Waals surface area contributed by atoms with Crippen molar-refractivity contribution in [3.05, 3.63) is 58.6 Å². The lowest BCUT2D eigenvalue weighted by Crippen LogP contribution is -2.41. The summed E-state index contributed by atoms with van der Waals surface area (Å²) >= 11 is 6.13. The molecule has 2 aromatic carbocycles. The van der Waals surface area contributed by atoms with Gasteiger partial charge in [0.1, 0.15) is 5.75 Å². The van der Waals surface area contributed by atoms with E-state index in [0.29, 0.717) is 12.2 Å². The third kappa shape index (κ3) is 8.24. The molecule has 1 saturated heterocycles. The SMILES string of the molecule is O=C(COc1ccc(/C=N\NC(=O)C(=O)NC[C@H]2CCCO2)cc1Cl)Nc1cccc(C(F)(F)F)c1. The van der Waals surface area contributed by atoms with E-state index in [4.69, 9.17) is 21.1 Å². The Balaban J connectivity index is 1.45. The number of anilines is 1. The van der Waals surface area contributed by atoms with E-state index < -0.39 is 36.1 Å². The minimum atomic E-state index is -4.53. The van der Waals surface area contributed by atoms with E-state index in [2.05, 4.69) is 21.2 Å². The number of carbonyl (C=O) groups is 3. The first-order chi connectivity index (χ1) is 17.1. The number of ether oxygens (including phenoxy) is 2. The lowest BCUT2D eigenvalue weighted by atomic mass is 10.2. The maximum absolute atomic E-state index is 12.8. The van der Waals surface area contributed by atoms with Crippen LogP contribution in [0.4, 0.5) is 18.9 Å². The minimum Gasteiger partial charge on any atom is -0.482 e. The van der Waals surface area contributed by atoms with E-state index in [1.165, 1.54) is 36.5 Å². The molecule has 0 aromatic heterocycles. The van der Waals surface area contributed by atoms with Crippen molar-refractivity contribution in [2.75, 3.05) is 25.1 Å². The average molecular weight is 527 g/mol. The number of hydrazone groups is 1. The highest BCUT2D eigenvalue weighted by molar-refractivity contribution is 6.35. The maximum Gasteiger partial charge on any atom is 0.416 e. The van der Waals surface area contributed by atoms with E-state index >= 15 is 0 Å². The molecular weight excluding hydrogens is 505 g/mol. The molecule has 3 amide bonds. The van der Waals surface area contributed by atoms with Crippen molar-refractivity contribution < 1.29 is 37.0 Å². The van der Waals surface area contributed by atoms with Crippen molar-refractivity contribution in [2.45, 2.75) is 25.1 Å². The summed E-state index contributed by atoms with van der Waals surface area (Å²) in [4.78, 5) is 35.6. The van der Waals surface area contributed by atoms with E-state index in [0.717, 1.165) is 25.0 Å². The number of rotatable bonds is 8. The zero-order chi connectivity index (χ0) is 26.1. The maximum atomic E-state index is 12.8. The zero-order valence-electron chi connectivity index (χ0n) is 18.7. The molecule has 0 saturated carbocycles. The largest absolute Gasteiger partial charge is 0.482 e. The monoisotopic (exact) mass is 526 g/mol. The smallest absolute Gasteiger partial charge is 0.416 e. The van der Waals surface area contributed by atoms with Crippen molar-refractivity contribution in [3.63, 3.8) is 0 Å². The molecule has 0 unspecified atom stereocenters. The summed E-state index contributed by atoms with van der Waals surface area (Å²) in [6, 6.07) is 8.61. The molecule has 192 valence electrons. The fourth-order valence-corrected chi connectivity index (χ4v) is 3.38. The van der Waals surface area contributed by atoms with Crippen molar-refractivity contribution in [3.8, 4) is 5.75 Å². The van der Waals surface area contributed by atoms with Crippen molar-refractivity contribution in [2.24, 2.45) is 5.10 Å². The fourth-order valence-electron chi connectivity index (χ4n) is 3.14. The van der Waals surface area contributed by atoms with Crippen LogP contribution >= 0.6 is 11.6 Å².